The van der Waals surface area contributed by atoms with E-state index >= 15 is 0 Å². The Morgan fingerprint density at radius 3 is 2.19 bits per heavy atom. The number of nitrogens with two attached hydrogens (primary N) is 1. The number of hydrogen-bond donors (Lipinski definition) is 2. The van der Waals surface area contributed by atoms with Crippen LogP contribution in [-0.2, 0) is 0 Å². The lowest BCUT2D eigenvalue weighted by molar-refractivity contribution is 0.619. The molecule has 0 amide bonds. The summed E-state index contributed by atoms with van der Waals surface area (Å²) in [5.41, 5.74) is 7.09. The van der Waals surface area contributed by atoms with Crippen LogP contribution in [0.4, 0.5) is 0 Å². The van der Waals surface area contributed by atoms with E-state index in [1.165, 1.54) is 17.5 Å². The molecule has 0 bridgehead atoms. The van der Waals surface area contributed by atoms with E-state index in [0.717, 1.165) is 11.3 Å². The Morgan fingerprint density at radius 2 is 1.57 bits per heavy atom. The predicted molar refractivity (Wildman–Crippen MR) is 83.1 cm³/mol. The van der Waals surface area contributed by atoms with E-state index in [2.05, 4.69) is 51.8 Å². The van der Waals surface area contributed by atoms with Gasteiger partial charge in [0, 0.05) is 6.20 Å². The Bertz CT molecular complexity index is 681. The molecule has 3 N–H and O–H groups in total. The molecule has 1 atom stereocenters. The van der Waals surface area contributed by atoms with Gasteiger partial charge in [0.05, 0.1) is 11.7 Å². The molecule has 0 aliphatic carbocycles. The zero-order valence-corrected chi connectivity index (χ0v) is 11.5. The van der Waals surface area contributed by atoms with Crippen molar-refractivity contribution in [2.24, 2.45) is 5.84 Å². The van der Waals surface area contributed by atoms with E-state index in [1.807, 2.05) is 24.3 Å². The molecular weight excluding hydrogens is 260 g/mol. The summed E-state index contributed by atoms with van der Waals surface area (Å²) >= 11 is 0. The molecule has 21 heavy (non-hydrogen) atoms. The maximum atomic E-state index is 5.68. The molecule has 0 aliphatic heterocycles. The van der Waals surface area contributed by atoms with Crippen LogP contribution in [0.15, 0.2) is 73.2 Å². The van der Waals surface area contributed by atoms with E-state index in [9.17, 15) is 0 Å². The monoisotopic (exact) mass is 276 g/mol. The van der Waals surface area contributed by atoms with Gasteiger partial charge < -0.3 is 0 Å². The first-order chi connectivity index (χ1) is 10.4. The fourth-order valence-corrected chi connectivity index (χ4v) is 2.32. The van der Waals surface area contributed by atoms with Crippen molar-refractivity contribution in [2.75, 3.05) is 0 Å². The number of hydrogen-bond acceptors (Lipinski definition) is 4. The quantitative estimate of drug-likeness (QED) is 0.568. The zero-order valence-electron chi connectivity index (χ0n) is 11.5. The molecule has 0 saturated heterocycles. The van der Waals surface area contributed by atoms with Gasteiger partial charge in [0.15, 0.2) is 0 Å². The fourth-order valence-electron chi connectivity index (χ4n) is 2.32. The third-order valence-corrected chi connectivity index (χ3v) is 3.42. The van der Waals surface area contributed by atoms with Crippen molar-refractivity contribution < 1.29 is 0 Å². The summed E-state index contributed by atoms with van der Waals surface area (Å²) in [5, 5.41) is 0. The SMILES string of the molecule is NNC(c1ccc(-c2ccccc2)cc1)c1ccncn1. The Morgan fingerprint density at radius 1 is 0.857 bits per heavy atom. The summed E-state index contributed by atoms with van der Waals surface area (Å²) in [5.74, 6) is 5.68. The lowest BCUT2D eigenvalue weighted by atomic mass is 9.99. The van der Waals surface area contributed by atoms with E-state index < -0.39 is 0 Å². The lowest BCUT2D eigenvalue weighted by Crippen LogP contribution is -2.29. The smallest absolute Gasteiger partial charge is 0.115 e. The first kappa shape index (κ1) is 13.4. The van der Waals surface area contributed by atoms with E-state index in [4.69, 9.17) is 5.84 Å². The highest BCUT2D eigenvalue weighted by Crippen LogP contribution is 2.24. The van der Waals surface area contributed by atoms with Crippen LogP contribution < -0.4 is 11.3 Å². The second-order valence-corrected chi connectivity index (χ2v) is 4.72. The summed E-state index contributed by atoms with van der Waals surface area (Å²) in [6.07, 6.45) is 3.24. The Balaban J connectivity index is 1.90. The third-order valence-electron chi connectivity index (χ3n) is 3.42. The second-order valence-electron chi connectivity index (χ2n) is 4.72. The number of rotatable bonds is 4. The van der Waals surface area contributed by atoms with Gasteiger partial charge in [-0.2, -0.15) is 0 Å². The Kier molecular flexibility index (Phi) is 4.00. The van der Waals surface area contributed by atoms with Crippen LogP contribution in [0.1, 0.15) is 17.3 Å². The third kappa shape index (κ3) is 2.97. The standard InChI is InChI=1S/C17H16N4/c18-21-17(16-10-11-19-12-20-16)15-8-6-14(7-9-15)13-4-2-1-3-5-13/h1-12,17,21H,18H2. The second kappa shape index (κ2) is 6.26. The van der Waals surface area contributed by atoms with Crippen LogP contribution in [0.2, 0.25) is 0 Å². The van der Waals surface area contributed by atoms with Crippen molar-refractivity contribution in [3.63, 3.8) is 0 Å². The van der Waals surface area contributed by atoms with E-state index in [1.54, 1.807) is 6.20 Å². The highest BCUT2D eigenvalue weighted by molar-refractivity contribution is 5.63. The first-order valence-corrected chi connectivity index (χ1v) is 6.76. The van der Waals surface area contributed by atoms with Crippen molar-refractivity contribution in [1.29, 1.82) is 0 Å². The molecule has 3 aromatic rings. The molecule has 4 heteroatoms. The van der Waals surface area contributed by atoms with Gasteiger partial charge in [0.2, 0.25) is 0 Å². The predicted octanol–water partition coefficient (Wildman–Crippen LogP) is 2.70. The maximum absolute atomic E-state index is 5.68. The number of nitrogens with zero attached hydrogens (tertiary/aromatic N) is 2. The number of benzene rings is 2. The minimum atomic E-state index is -0.141. The van der Waals surface area contributed by atoms with Crippen LogP contribution in [0.3, 0.4) is 0 Å². The van der Waals surface area contributed by atoms with Crippen LogP contribution in [0, 0.1) is 0 Å². The number of nitrogens with one attached hydrogen (secondary N) is 1. The summed E-state index contributed by atoms with van der Waals surface area (Å²) in [6, 6.07) is 20.3. The Labute approximate surface area is 123 Å². The van der Waals surface area contributed by atoms with E-state index in [0.29, 0.717) is 0 Å². The van der Waals surface area contributed by atoms with Crippen molar-refractivity contribution in [3.8, 4) is 11.1 Å². The van der Waals surface area contributed by atoms with Crippen molar-refractivity contribution >= 4 is 0 Å². The van der Waals surface area contributed by atoms with Gasteiger partial charge in [0.25, 0.3) is 0 Å². The van der Waals surface area contributed by atoms with Gasteiger partial charge in [-0.3, -0.25) is 5.84 Å². The minimum absolute atomic E-state index is 0.141. The molecule has 0 saturated carbocycles. The molecule has 0 aliphatic rings. The zero-order chi connectivity index (χ0) is 14.5. The van der Waals surface area contributed by atoms with Crippen molar-refractivity contribution in [1.82, 2.24) is 15.4 Å². The van der Waals surface area contributed by atoms with Gasteiger partial charge in [-0.15, -0.1) is 0 Å². The average Bonchev–Trinajstić information content (AvgIpc) is 2.58. The van der Waals surface area contributed by atoms with Crippen molar-refractivity contribution in [3.05, 3.63) is 84.4 Å². The molecule has 104 valence electrons. The van der Waals surface area contributed by atoms with Gasteiger partial charge in [-0.25, -0.2) is 15.4 Å². The highest BCUT2D eigenvalue weighted by Gasteiger charge is 2.13. The average molecular weight is 276 g/mol. The maximum Gasteiger partial charge on any atom is 0.115 e. The van der Waals surface area contributed by atoms with Crippen LogP contribution in [0.25, 0.3) is 11.1 Å². The largest absolute Gasteiger partial charge is 0.271 e. The van der Waals surface area contributed by atoms with Gasteiger partial charge in [-0.05, 0) is 22.8 Å². The Hall–Kier alpha value is -2.56. The topological polar surface area (TPSA) is 63.8 Å². The van der Waals surface area contributed by atoms with Gasteiger partial charge in [-0.1, -0.05) is 54.6 Å². The molecule has 1 aromatic heterocycles. The number of hydrazine groups is 1. The molecule has 3 rings (SSSR count). The summed E-state index contributed by atoms with van der Waals surface area (Å²) in [6.45, 7) is 0. The lowest BCUT2D eigenvalue weighted by Gasteiger charge is -2.16. The summed E-state index contributed by atoms with van der Waals surface area (Å²) in [7, 11) is 0. The molecule has 1 unspecified atom stereocenters. The van der Waals surface area contributed by atoms with Gasteiger partial charge in [0.1, 0.15) is 6.33 Å². The molecule has 0 radical (unpaired) electrons. The molecule has 0 fully saturated rings. The molecule has 4 nitrogen and oxygen atoms in total. The van der Waals surface area contributed by atoms with Crippen LogP contribution in [-0.4, -0.2) is 9.97 Å². The van der Waals surface area contributed by atoms with E-state index in [-0.39, 0.29) is 6.04 Å². The van der Waals surface area contributed by atoms with Crippen molar-refractivity contribution in [2.45, 2.75) is 6.04 Å². The summed E-state index contributed by atoms with van der Waals surface area (Å²) < 4.78 is 0. The van der Waals surface area contributed by atoms with Crippen LogP contribution in [0.5, 0.6) is 0 Å². The molecular formula is C17H16N4. The summed E-state index contributed by atoms with van der Waals surface area (Å²) in [4.78, 5) is 8.18. The molecule has 2 aromatic carbocycles. The molecule has 0 spiro atoms. The highest BCUT2D eigenvalue weighted by atomic mass is 15.2. The normalized spacial score (nSPS) is 12.0. The minimum Gasteiger partial charge on any atom is -0.271 e. The first-order valence-electron chi connectivity index (χ1n) is 6.76. The number of aromatic nitrogens is 2. The van der Waals surface area contributed by atoms with Crippen LogP contribution >= 0.6 is 0 Å². The fraction of sp³-hybridized carbons (Fsp3) is 0.0588. The molecule has 1 heterocycles. The van der Waals surface area contributed by atoms with Gasteiger partial charge >= 0.3 is 0 Å².